The molecule has 1 aliphatic rings. The third-order valence-electron chi connectivity index (χ3n) is 4.38. The van der Waals surface area contributed by atoms with Crippen LogP contribution in [-0.4, -0.2) is 21.9 Å². The van der Waals surface area contributed by atoms with Crippen LogP contribution in [0, 0.1) is 0 Å². The Kier molecular flexibility index (Phi) is 5.77. The number of rotatable bonds is 5. The molecule has 2 N–H and O–H groups in total. The van der Waals surface area contributed by atoms with Crippen molar-refractivity contribution in [1.82, 2.24) is 15.3 Å². The van der Waals surface area contributed by atoms with Crippen LogP contribution in [0.25, 0.3) is 0 Å². The van der Waals surface area contributed by atoms with Gasteiger partial charge in [0.1, 0.15) is 5.69 Å². The lowest BCUT2D eigenvalue weighted by molar-refractivity contribution is 0.0945. The van der Waals surface area contributed by atoms with Crippen molar-refractivity contribution in [3.8, 4) is 0 Å². The van der Waals surface area contributed by atoms with Crippen molar-refractivity contribution in [2.45, 2.75) is 51.1 Å². The predicted octanol–water partition coefficient (Wildman–Crippen LogP) is 3.54. The highest BCUT2D eigenvalue weighted by molar-refractivity contribution is 5.92. The van der Waals surface area contributed by atoms with E-state index < -0.39 is 0 Å². The first-order valence-corrected chi connectivity index (χ1v) is 8.72. The fraction of sp³-hybridized carbons (Fsp3) is 0.421. The second kappa shape index (κ2) is 8.43. The van der Waals surface area contributed by atoms with Gasteiger partial charge in [-0.1, -0.05) is 31.7 Å². The minimum atomic E-state index is -0.179. The van der Waals surface area contributed by atoms with E-state index in [1.807, 2.05) is 24.3 Å². The number of hydrogen-bond acceptors (Lipinski definition) is 4. The van der Waals surface area contributed by atoms with Gasteiger partial charge in [-0.05, 0) is 37.1 Å². The summed E-state index contributed by atoms with van der Waals surface area (Å²) in [5.74, 6) is -0.179. The van der Waals surface area contributed by atoms with Gasteiger partial charge in [0, 0.05) is 12.2 Å². The number of hydrogen-bond donors (Lipinski definition) is 2. The summed E-state index contributed by atoms with van der Waals surface area (Å²) < 4.78 is 0. The smallest absolute Gasteiger partial charge is 0.270 e. The van der Waals surface area contributed by atoms with Crippen LogP contribution in [0.2, 0.25) is 0 Å². The first-order valence-electron chi connectivity index (χ1n) is 8.72. The summed E-state index contributed by atoms with van der Waals surface area (Å²) in [7, 11) is 0. The Bertz CT molecular complexity index is 634. The highest BCUT2D eigenvalue weighted by Crippen LogP contribution is 2.20. The van der Waals surface area contributed by atoms with Crippen LogP contribution in [0.3, 0.4) is 0 Å². The minimum absolute atomic E-state index is 0.179. The van der Waals surface area contributed by atoms with E-state index in [1.54, 1.807) is 18.5 Å². The van der Waals surface area contributed by atoms with E-state index in [4.69, 9.17) is 0 Å². The maximum absolute atomic E-state index is 12.1. The minimum Gasteiger partial charge on any atom is -0.381 e. The normalized spacial score (nSPS) is 15.5. The van der Waals surface area contributed by atoms with Gasteiger partial charge in [0.2, 0.25) is 0 Å². The molecule has 1 fully saturated rings. The average molecular weight is 324 g/mol. The van der Waals surface area contributed by atoms with Crippen molar-refractivity contribution in [2.75, 3.05) is 5.32 Å². The number of nitrogens with one attached hydrogen (secondary N) is 2. The molecule has 0 saturated heterocycles. The first-order chi connectivity index (χ1) is 11.8. The zero-order valence-electron chi connectivity index (χ0n) is 13.9. The third-order valence-corrected chi connectivity index (χ3v) is 4.38. The molecule has 0 unspecified atom stereocenters. The van der Waals surface area contributed by atoms with Crippen LogP contribution in [0.15, 0.2) is 42.7 Å². The van der Waals surface area contributed by atoms with Crippen LogP contribution in [0.4, 0.5) is 5.69 Å². The Morgan fingerprint density at radius 2 is 1.88 bits per heavy atom. The lowest BCUT2D eigenvalue weighted by Crippen LogP contribution is -2.24. The summed E-state index contributed by atoms with van der Waals surface area (Å²) in [6, 6.07) is 9.87. The van der Waals surface area contributed by atoms with Crippen LogP contribution >= 0.6 is 0 Å². The molecule has 24 heavy (non-hydrogen) atoms. The summed E-state index contributed by atoms with van der Waals surface area (Å²) in [6.07, 6.45) is 11.2. The third kappa shape index (κ3) is 4.78. The number of carbonyl (C=O) groups is 1. The molecule has 2 aromatic heterocycles. The molecule has 0 bridgehead atoms. The molecular weight excluding hydrogens is 300 g/mol. The van der Waals surface area contributed by atoms with Crippen molar-refractivity contribution in [2.24, 2.45) is 0 Å². The van der Waals surface area contributed by atoms with Gasteiger partial charge in [0.05, 0.1) is 24.1 Å². The van der Waals surface area contributed by atoms with Crippen LogP contribution in [-0.2, 0) is 6.54 Å². The second-order valence-electron chi connectivity index (χ2n) is 6.27. The molecule has 5 nitrogen and oxygen atoms in total. The average Bonchev–Trinajstić information content (AvgIpc) is 2.90. The van der Waals surface area contributed by atoms with E-state index in [1.165, 1.54) is 38.5 Å². The van der Waals surface area contributed by atoms with E-state index >= 15 is 0 Å². The molecule has 0 spiro atoms. The van der Waals surface area contributed by atoms with E-state index in [0.29, 0.717) is 18.3 Å². The summed E-state index contributed by atoms with van der Waals surface area (Å²) >= 11 is 0. The van der Waals surface area contributed by atoms with Gasteiger partial charge < -0.3 is 10.6 Å². The number of aromatic nitrogens is 2. The van der Waals surface area contributed by atoms with Gasteiger partial charge in [0.25, 0.3) is 5.91 Å². The first kappa shape index (κ1) is 16.4. The molecule has 5 heteroatoms. The zero-order valence-corrected chi connectivity index (χ0v) is 13.9. The Morgan fingerprint density at radius 1 is 1.04 bits per heavy atom. The Morgan fingerprint density at radius 3 is 2.54 bits per heavy atom. The maximum atomic E-state index is 12.1. The van der Waals surface area contributed by atoms with Crippen molar-refractivity contribution in [3.05, 3.63) is 54.1 Å². The van der Waals surface area contributed by atoms with Crippen molar-refractivity contribution in [1.29, 1.82) is 0 Å². The van der Waals surface area contributed by atoms with Gasteiger partial charge >= 0.3 is 0 Å². The fourth-order valence-corrected chi connectivity index (χ4v) is 3.04. The van der Waals surface area contributed by atoms with Gasteiger partial charge in [-0.25, -0.2) is 4.98 Å². The van der Waals surface area contributed by atoms with E-state index in [0.717, 1.165) is 11.4 Å². The zero-order chi connectivity index (χ0) is 16.6. The van der Waals surface area contributed by atoms with E-state index in [-0.39, 0.29) is 5.91 Å². The topological polar surface area (TPSA) is 66.9 Å². The molecule has 3 rings (SSSR count). The summed E-state index contributed by atoms with van der Waals surface area (Å²) in [6.45, 7) is 0.406. The Labute approximate surface area is 142 Å². The van der Waals surface area contributed by atoms with E-state index in [2.05, 4.69) is 20.6 Å². The standard InChI is InChI=1S/C19H24N4O/c24-19(22-13-16-9-5-6-12-20-16)18-11-10-17(14-21-18)23-15-7-3-1-2-4-8-15/h5-6,9-12,14-15,23H,1-4,7-8,13H2,(H,22,24). The monoisotopic (exact) mass is 324 g/mol. The molecule has 0 aromatic carbocycles. The Balaban J connectivity index is 1.52. The number of anilines is 1. The highest BCUT2D eigenvalue weighted by Gasteiger charge is 2.12. The molecule has 1 saturated carbocycles. The molecule has 0 aliphatic heterocycles. The fourth-order valence-electron chi connectivity index (χ4n) is 3.04. The molecule has 0 radical (unpaired) electrons. The highest BCUT2D eigenvalue weighted by atomic mass is 16.1. The Hall–Kier alpha value is -2.43. The summed E-state index contributed by atoms with van der Waals surface area (Å²) in [5.41, 5.74) is 2.25. The van der Waals surface area contributed by atoms with Gasteiger partial charge in [-0.15, -0.1) is 0 Å². The number of amides is 1. The van der Waals surface area contributed by atoms with Crippen LogP contribution < -0.4 is 10.6 Å². The lowest BCUT2D eigenvalue weighted by atomic mass is 10.1. The van der Waals surface area contributed by atoms with E-state index in [9.17, 15) is 4.79 Å². The molecule has 2 heterocycles. The molecule has 1 aliphatic carbocycles. The SMILES string of the molecule is O=C(NCc1ccccn1)c1ccc(NC2CCCCCC2)cn1. The summed E-state index contributed by atoms with van der Waals surface area (Å²) in [4.78, 5) is 20.6. The van der Waals surface area contributed by atoms with Crippen molar-refractivity contribution < 1.29 is 4.79 Å². The lowest BCUT2D eigenvalue weighted by Gasteiger charge is -2.17. The number of pyridine rings is 2. The molecular formula is C19H24N4O. The second-order valence-corrected chi connectivity index (χ2v) is 6.27. The molecule has 126 valence electrons. The van der Waals surface area contributed by atoms with Crippen molar-refractivity contribution in [3.63, 3.8) is 0 Å². The van der Waals surface area contributed by atoms with Gasteiger partial charge in [-0.2, -0.15) is 0 Å². The molecule has 1 amide bonds. The van der Waals surface area contributed by atoms with Gasteiger partial charge in [0.15, 0.2) is 0 Å². The number of nitrogens with zero attached hydrogens (tertiary/aromatic N) is 2. The summed E-state index contributed by atoms with van der Waals surface area (Å²) in [5, 5.41) is 6.38. The largest absolute Gasteiger partial charge is 0.381 e. The van der Waals surface area contributed by atoms with Crippen LogP contribution in [0.1, 0.15) is 54.7 Å². The predicted molar refractivity (Wildman–Crippen MR) is 94.8 cm³/mol. The maximum Gasteiger partial charge on any atom is 0.270 e. The van der Waals surface area contributed by atoms with Crippen LogP contribution in [0.5, 0.6) is 0 Å². The number of carbonyl (C=O) groups excluding carboxylic acids is 1. The molecule has 2 aromatic rings. The quantitative estimate of drug-likeness (QED) is 0.826. The molecule has 0 atom stereocenters. The van der Waals surface area contributed by atoms with Crippen molar-refractivity contribution >= 4 is 11.6 Å². The van der Waals surface area contributed by atoms with Gasteiger partial charge in [-0.3, -0.25) is 9.78 Å².